The van der Waals surface area contributed by atoms with Crippen LogP contribution in [0.2, 0.25) is 0 Å². The summed E-state index contributed by atoms with van der Waals surface area (Å²) in [6.45, 7) is 5.91. The molecule has 0 aromatic carbocycles. The van der Waals surface area contributed by atoms with Gasteiger partial charge in [0.05, 0.1) is 4.88 Å². The Kier molecular flexibility index (Phi) is 9.23. The Labute approximate surface area is 163 Å². The Bertz CT molecular complexity index is 611. The quantitative estimate of drug-likeness (QED) is 0.808. The highest BCUT2D eigenvalue weighted by atomic mass is 35.5. The standard InChI is InChI=1S/C16H21N3OS2.2ClH/c1-2-17-10-12-5-7-19(8-6-12)16(20)13-11-22-15(18-13)14-4-3-9-21-14;;/h3-4,9,11-12,17H,2,5-8,10H2,1H3;2*1H. The molecule has 1 aliphatic heterocycles. The molecule has 2 aromatic heterocycles. The molecule has 24 heavy (non-hydrogen) atoms. The fraction of sp³-hybridized carbons (Fsp3) is 0.500. The highest BCUT2D eigenvalue weighted by Crippen LogP contribution is 2.28. The summed E-state index contributed by atoms with van der Waals surface area (Å²) in [5.74, 6) is 0.780. The molecule has 8 heteroatoms. The Hall–Kier alpha value is -0.660. The topological polar surface area (TPSA) is 45.2 Å². The minimum absolute atomic E-state index is 0. The number of aromatic nitrogens is 1. The third kappa shape index (κ3) is 5.17. The minimum atomic E-state index is 0. The molecule has 3 heterocycles. The van der Waals surface area contributed by atoms with Crippen LogP contribution < -0.4 is 5.32 Å². The van der Waals surface area contributed by atoms with Gasteiger partial charge in [-0.15, -0.1) is 47.5 Å². The number of carbonyl (C=O) groups is 1. The lowest BCUT2D eigenvalue weighted by Crippen LogP contribution is -2.40. The maximum Gasteiger partial charge on any atom is 0.273 e. The van der Waals surface area contributed by atoms with Crippen molar-refractivity contribution in [3.05, 3.63) is 28.6 Å². The van der Waals surface area contributed by atoms with Crippen LogP contribution in [0.15, 0.2) is 22.9 Å². The summed E-state index contributed by atoms with van der Waals surface area (Å²) in [5.41, 5.74) is 0.596. The van der Waals surface area contributed by atoms with Gasteiger partial charge >= 0.3 is 0 Å². The molecular formula is C16H23Cl2N3OS2. The molecule has 134 valence electrons. The smallest absolute Gasteiger partial charge is 0.273 e. The average Bonchev–Trinajstić information content (AvgIpc) is 3.23. The van der Waals surface area contributed by atoms with Crippen LogP contribution in [0.3, 0.4) is 0 Å². The molecule has 1 saturated heterocycles. The van der Waals surface area contributed by atoms with Crippen LogP contribution in [0.1, 0.15) is 30.3 Å². The van der Waals surface area contributed by atoms with Crippen molar-refractivity contribution < 1.29 is 4.79 Å². The second kappa shape index (κ2) is 10.4. The van der Waals surface area contributed by atoms with Crippen molar-refractivity contribution in [1.29, 1.82) is 0 Å². The molecule has 1 N–H and O–H groups in total. The molecule has 0 radical (unpaired) electrons. The molecule has 1 amide bonds. The van der Waals surface area contributed by atoms with Crippen molar-refractivity contribution in [3.63, 3.8) is 0 Å². The van der Waals surface area contributed by atoms with Crippen molar-refractivity contribution in [3.8, 4) is 9.88 Å². The molecule has 0 spiro atoms. The molecule has 0 unspecified atom stereocenters. The highest BCUT2D eigenvalue weighted by molar-refractivity contribution is 7.20. The second-order valence-corrected chi connectivity index (χ2v) is 7.36. The molecule has 0 atom stereocenters. The van der Waals surface area contributed by atoms with Crippen LogP contribution in [-0.4, -0.2) is 42.0 Å². The molecule has 2 aromatic rings. The van der Waals surface area contributed by atoms with E-state index in [1.165, 1.54) is 0 Å². The van der Waals surface area contributed by atoms with Gasteiger partial charge in [0.15, 0.2) is 0 Å². The summed E-state index contributed by atoms with van der Waals surface area (Å²) in [4.78, 5) is 20.2. The number of nitrogens with zero attached hydrogens (tertiary/aromatic N) is 2. The first kappa shape index (κ1) is 21.4. The first-order chi connectivity index (χ1) is 10.8. The lowest BCUT2D eigenvalue weighted by atomic mass is 9.96. The van der Waals surface area contributed by atoms with E-state index in [9.17, 15) is 4.79 Å². The summed E-state index contributed by atoms with van der Waals surface area (Å²) in [6, 6.07) is 4.06. The van der Waals surface area contributed by atoms with Crippen molar-refractivity contribution in [2.45, 2.75) is 19.8 Å². The third-order valence-corrected chi connectivity index (χ3v) is 5.92. The number of thiophene rings is 1. The minimum Gasteiger partial charge on any atom is -0.337 e. The maximum atomic E-state index is 12.6. The predicted octanol–water partition coefficient (Wildman–Crippen LogP) is 4.18. The summed E-state index contributed by atoms with van der Waals surface area (Å²) >= 11 is 3.21. The summed E-state index contributed by atoms with van der Waals surface area (Å²) in [7, 11) is 0. The number of rotatable bonds is 5. The number of hydrogen-bond donors (Lipinski definition) is 1. The SMILES string of the molecule is CCNCC1CCN(C(=O)c2csc(-c3cccs3)n2)CC1.Cl.Cl. The molecular weight excluding hydrogens is 385 g/mol. The number of nitrogens with one attached hydrogen (secondary N) is 1. The van der Waals surface area contributed by atoms with Gasteiger partial charge in [0.1, 0.15) is 10.7 Å². The zero-order valence-corrected chi connectivity index (χ0v) is 16.8. The van der Waals surface area contributed by atoms with E-state index >= 15 is 0 Å². The van der Waals surface area contributed by atoms with Gasteiger partial charge in [-0.05, 0) is 43.3 Å². The zero-order valence-electron chi connectivity index (χ0n) is 13.6. The molecule has 1 fully saturated rings. The van der Waals surface area contributed by atoms with Gasteiger partial charge in [-0.25, -0.2) is 4.98 Å². The van der Waals surface area contributed by atoms with Crippen molar-refractivity contribution >= 4 is 53.4 Å². The fourth-order valence-electron chi connectivity index (χ4n) is 2.74. The molecule has 0 saturated carbocycles. The Balaban J connectivity index is 0.00000144. The number of carbonyl (C=O) groups excluding carboxylic acids is 1. The van der Waals surface area contributed by atoms with Gasteiger partial charge in [0.2, 0.25) is 0 Å². The van der Waals surface area contributed by atoms with Gasteiger partial charge < -0.3 is 10.2 Å². The number of halogens is 2. The van der Waals surface area contributed by atoms with Gasteiger partial charge in [-0.2, -0.15) is 0 Å². The van der Waals surface area contributed by atoms with Crippen LogP contribution in [0.4, 0.5) is 0 Å². The monoisotopic (exact) mass is 407 g/mol. The van der Waals surface area contributed by atoms with E-state index in [2.05, 4.69) is 17.2 Å². The van der Waals surface area contributed by atoms with Gasteiger partial charge in [0.25, 0.3) is 5.91 Å². The van der Waals surface area contributed by atoms with E-state index in [1.54, 1.807) is 22.7 Å². The molecule has 1 aliphatic rings. The van der Waals surface area contributed by atoms with Crippen molar-refractivity contribution in [1.82, 2.24) is 15.2 Å². The molecule has 3 rings (SSSR count). The number of likely N-dealkylation sites (tertiary alicyclic amines) is 1. The largest absolute Gasteiger partial charge is 0.337 e. The van der Waals surface area contributed by atoms with E-state index in [0.29, 0.717) is 11.6 Å². The predicted molar refractivity (Wildman–Crippen MR) is 107 cm³/mol. The number of thiazole rings is 1. The maximum absolute atomic E-state index is 12.6. The number of hydrogen-bond acceptors (Lipinski definition) is 5. The Morgan fingerprint density at radius 3 is 2.71 bits per heavy atom. The molecule has 0 aliphatic carbocycles. The number of piperidine rings is 1. The van der Waals surface area contributed by atoms with Crippen molar-refractivity contribution in [2.75, 3.05) is 26.2 Å². The Morgan fingerprint density at radius 2 is 2.08 bits per heavy atom. The van der Waals surface area contributed by atoms with E-state index in [0.717, 1.165) is 48.9 Å². The third-order valence-electron chi connectivity index (χ3n) is 4.04. The van der Waals surface area contributed by atoms with Crippen LogP contribution in [-0.2, 0) is 0 Å². The van der Waals surface area contributed by atoms with Crippen LogP contribution in [0.5, 0.6) is 0 Å². The van der Waals surface area contributed by atoms with Gasteiger partial charge in [-0.1, -0.05) is 13.0 Å². The summed E-state index contributed by atoms with van der Waals surface area (Å²) in [5, 5.41) is 8.27. The van der Waals surface area contributed by atoms with E-state index < -0.39 is 0 Å². The van der Waals surface area contributed by atoms with Gasteiger partial charge in [-0.3, -0.25) is 4.79 Å². The highest BCUT2D eigenvalue weighted by Gasteiger charge is 2.25. The Morgan fingerprint density at radius 1 is 1.33 bits per heavy atom. The zero-order chi connectivity index (χ0) is 15.4. The first-order valence-electron chi connectivity index (χ1n) is 7.77. The molecule has 0 bridgehead atoms. The normalized spacial score (nSPS) is 14.8. The van der Waals surface area contributed by atoms with E-state index in [4.69, 9.17) is 0 Å². The lowest BCUT2D eigenvalue weighted by molar-refractivity contribution is 0.0685. The van der Waals surface area contributed by atoms with Crippen molar-refractivity contribution in [2.24, 2.45) is 5.92 Å². The van der Waals surface area contributed by atoms with Crippen LogP contribution >= 0.6 is 47.5 Å². The van der Waals surface area contributed by atoms with E-state index in [-0.39, 0.29) is 30.7 Å². The van der Waals surface area contributed by atoms with E-state index in [1.807, 2.05) is 27.8 Å². The van der Waals surface area contributed by atoms with Crippen LogP contribution in [0.25, 0.3) is 9.88 Å². The number of amides is 1. The lowest BCUT2D eigenvalue weighted by Gasteiger charge is -2.31. The molecule has 4 nitrogen and oxygen atoms in total. The van der Waals surface area contributed by atoms with Crippen LogP contribution in [0, 0.1) is 5.92 Å². The van der Waals surface area contributed by atoms with Gasteiger partial charge in [0, 0.05) is 18.5 Å². The second-order valence-electron chi connectivity index (χ2n) is 5.56. The first-order valence-corrected chi connectivity index (χ1v) is 9.53. The average molecular weight is 408 g/mol. The summed E-state index contributed by atoms with van der Waals surface area (Å²) < 4.78 is 0. The summed E-state index contributed by atoms with van der Waals surface area (Å²) in [6.07, 6.45) is 2.17. The fourth-order valence-corrected chi connectivity index (χ4v) is 4.34.